The number of allylic oxidation sites excluding steroid dienone is 2. The van der Waals surface area contributed by atoms with Gasteiger partial charge in [-0.3, -0.25) is 4.79 Å². The van der Waals surface area contributed by atoms with Gasteiger partial charge in [0.1, 0.15) is 6.10 Å². The van der Waals surface area contributed by atoms with Crippen LogP contribution < -0.4 is 0 Å². The van der Waals surface area contributed by atoms with Crippen LogP contribution in [0.4, 0.5) is 0 Å². The predicted octanol–water partition coefficient (Wildman–Crippen LogP) is 4.06. The van der Waals surface area contributed by atoms with E-state index in [0.717, 1.165) is 24.0 Å². The average molecular weight is 410 g/mol. The van der Waals surface area contributed by atoms with E-state index < -0.39 is 17.9 Å². The standard InChI is InChI=1S/C25H31NO4/c1-3-4-5-12-17-25(28)23(30-19-21-15-10-7-11-16-21)22(24(27)26(25)2)29-18-20-13-8-6-9-14-20/h3-4,6-11,13-16,22-23,28H,5,12,17-19H2,1-2H3/b4-3-/t22-,23-,25?/m1/s1. The Morgan fingerprint density at radius 2 is 1.57 bits per heavy atom. The summed E-state index contributed by atoms with van der Waals surface area (Å²) in [6, 6.07) is 19.5. The summed E-state index contributed by atoms with van der Waals surface area (Å²) in [5.74, 6) is -0.252. The Balaban J connectivity index is 1.77. The fourth-order valence-electron chi connectivity index (χ4n) is 3.80. The molecule has 1 N–H and O–H groups in total. The van der Waals surface area contributed by atoms with Crippen molar-refractivity contribution in [3.05, 3.63) is 83.9 Å². The summed E-state index contributed by atoms with van der Waals surface area (Å²) < 4.78 is 12.2. The highest BCUT2D eigenvalue weighted by Gasteiger charge is 2.57. The van der Waals surface area contributed by atoms with Gasteiger partial charge in [-0.05, 0) is 37.3 Å². The minimum Gasteiger partial charge on any atom is -0.368 e. The number of rotatable bonds is 10. The molecule has 1 aliphatic heterocycles. The molecule has 160 valence electrons. The van der Waals surface area contributed by atoms with Crippen LogP contribution in [0.15, 0.2) is 72.8 Å². The highest BCUT2D eigenvalue weighted by Crippen LogP contribution is 2.36. The molecule has 0 radical (unpaired) electrons. The number of benzene rings is 2. The molecule has 1 fully saturated rings. The zero-order chi connectivity index (χ0) is 21.4. The lowest BCUT2D eigenvalue weighted by Crippen LogP contribution is -2.51. The number of unbranched alkanes of at least 4 members (excludes halogenated alkanes) is 1. The van der Waals surface area contributed by atoms with Gasteiger partial charge in [0.25, 0.3) is 5.91 Å². The number of ether oxygens (including phenoxy) is 2. The molecule has 5 nitrogen and oxygen atoms in total. The van der Waals surface area contributed by atoms with Crippen LogP contribution >= 0.6 is 0 Å². The lowest BCUT2D eigenvalue weighted by Gasteiger charge is -2.35. The van der Waals surface area contributed by atoms with Crippen molar-refractivity contribution >= 4 is 5.91 Å². The van der Waals surface area contributed by atoms with Crippen LogP contribution in [-0.4, -0.2) is 40.9 Å². The Bertz CT molecular complexity index is 824. The molecule has 2 aromatic carbocycles. The number of amides is 1. The summed E-state index contributed by atoms with van der Waals surface area (Å²) in [5, 5.41) is 11.5. The maximum absolute atomic E-state index is 13.0. The summed E-state index contributed by atoms with van der Waals surface area (Å²) >= 11 is 0. The fraction of sp³-hybridized carbons (Fsp3) is 0.400. The molecule has 0 saturated carbocycles. The minimum absolute atomic E-state index is 0.252. The molecule has 1 unspecified atom stereocenters. The maximum atomic E-state index is 13.0. The van der Waals surface area contributed by atoms with E-state index in [-0.39, 0.29) is 12.5 Å². The summed E-state index contributed by atoms with van der Waals surface area (Å²) in [6.45, 7) is 2.55. The van der Waals surface area contributed by atoms with Crippen LogP contribution in [-0.2, 0) is 27.5 Å². The third kappa shape index (κ3) is 5.17. The molecular weight excluding hydrogens is 378 g/mol. The molecule has 1 heterocycles. The van der Waals surface area contributed by atoms with E-state index in [2.05, 4.69) is 6.08 Å². The van der Waals surface area contributed by atoms with Crippen LogP contribution in [0.2, 0.25) is 0 Å². The van der Waals surface area contributed by atoms with E-state index in [9.17, 15) is 9.90 Å². The molecular formula is C25H31NO4. The molecule has 30 heavy (non-hydrogen) atoms. The Kier molecular flexibility index (Phi) is 7.80. The number of aliphatic hydroxyl groups is 1. The topological polar surface area (TPSA) is 59.0 Å². The quantitative estimate of drug-likeness (QED) is 0.475. The van der Waals surface area contributed by atoms with Gasteiger partial charge in [-0.2, -0.15) is 0 Å². The number of carbonyl (C=O) groups excluding carboxylic acids is 1. The number of carbonyl (C=O) groups is 1. The Morgan fingerprint density at radius 3 is 2.13 bits per heavy atom. The average Bonchev–Trinajstić information content (AvgIpc) is 2.96. The molecule has 5 heteroatoms. The largest absolute Gasteiger partial charge is 0.368 e. The Morgan fingerprint density at radius 1 is 1.00 bits per heavy atom. The second-order valence-electron chi connectivity index (χ2n) is 7.67. The highest BCUT2D eigenvalue weighted by atomic mass is 16.6. The van der Waals surface area contributed by atoms with Crippen LogP contribution in [0, 0.1) is 0 Å². The van der Waals surface area contributed by atoms with Crippen molar-refractivity contribution in [3.8, 4) is 0 Å². The van der Waals surface area contributed by atoms with Crippen LogP contribution in [0.25, 0.3) is 0 Å². The number of hydrogen-bond acceptors (Lipinski definition) is 4. The molecule has 1 aliphatic rings. The SMILES string of the molecule is C/C=C\CCCC1(O)[C@H](OCc2ccccc2)[C@@H](OCc2ccccc2)C(=O)N1C. The summed E-state index contributed by atoms with van der Waals surface area (Å²) in [5.41, 5.74) is 0.547. The van der Waals surface area contributed by atoms with E-state index in [1.54, 1.807) is 7.05 Å². The van der Waals surface area contributed by atoms with Crippen molar-refractivity contribution in [2.24, 2.45) is 0 Å². The second kappa shape index (κ2) is 10.5. The molecule has 0 aromatic heterocycles. The van der Waals surface area contributed by atoms with Crippen molar-refractivity contribution in [1.82, 2.24) is 4.90 Å². The minimum atomic E-state index is -1.41. The molecule has 0 spiro atoms. The van der Waals surface area contributed by atoms with Gasteiger partial charge in [-0.25, -0.2) is 0 Å². The van der Waals surface area contributed by atoms with Gasteiger partial charge in [0.15, 0.2) is 11.8 Å². The van der Waals surface area contributed by atoms with Gasteiger partial charge in [0.2, 0.25) is 0 Å². The van der Waals surface area contributed by atoms with Crippen molar-refractivity contribution < 1.29 is 19.4 Å². The Labute approximate surface area is 178 Å². The van der Waals surface area contributed by atoms with Gasteiger partial charge in [-0.1, -0.05) is 72.8 Å². The van der Waals surface area contributed by atoms with Crippen molar-refractivity contribution in [3.63, 3.8) is 0 Å². The van der Waals surface area contributed by atoms with Gasteiger partial charge in [-0.15, -0.1) is 0 Å². The van der Waals surface area contributed by atoms with E-state index in [4.69, 9.17) is 9.47 Å². The van der Waals surface area contributed by atoms with E-state index >= 15 is 0 Å². The first-order valence-electron chi connectivity index (χ1n) is 10.5. The van der Waals surface area contributed by atoms with Crippen LogP contribution in [0.1, 0.15) is 37.3 Å². The van der Waals surface area contributed by atoms with Gasteiger partial charge in [0, 0.05) is 7.05 Å². The first kappa shape index (κ1) is 22.2. The molecule has 0 aliphatic carbocycles. The van der Waals surface area contributed by atoms with Gasteiger partial charge >= 0.3 is 0 Å². The van der Waals surface area contributed by atoms with E-state index in [1.165, 1.54) is 4.90 Å². The number of likely N-dealkylation sites (N-methyl/N-ethyl adjacent to an activating group) is 1. The molecule has 2 aromatic rings. The third-order valence-electron chi connectivity index (χ3n) is 5.58. The summed E-state index contributed by atoms with van der Waals surface area (Å²) in [6.07, 6.45) is 4.42. The molecule has 3 rings (SSSR count). The molecule has 3 atom stereocenters. The van der Waals surface area contributed by atoms with Crippen LogP contribution in [0.3, 0.4) is 0 Å². The van der Waals surface area contributed by atoms with Crippen molar-refractivity contribution in [1.29, 1.82) is 0 Å². The lowest BCUT2D eigenvalue weighted by molar-refractivity contribution is -0.181. The van der Waals surface area contributed by atoms with Gasteiger partial charge in [0.05, 0.1) is 13.2 Å². The maximum Gasteiger partial charge on any atom is 0.256 e. The third-order valence-corrected chi connectivity index (χ3v) is 5.58. The summed E-state index contributed by atoms with van der Waals surface area (Å²) in [4.78, 5) is 14.4. The fourth-order valence-corrected chi connectivity index (χ4v) is 3.80. The van der Waals surface area contributed by atoms with Crippen molar-refractivity contribution in [2.75, 3.05) is 7.05 Å². The Hall–Kier alpha value is -2.47. The molecule has 1 amide bonds. The number of nitrogens with zero attached hydrogens (tertiary/aromatic N) is 1. The highest BCUT2D eigenvalue weighted by molar-refractivity contribution is 5.85. The monoisotopic (exact) mass is 409 g/mol. The second-order valence-corrected chi connectivity index (χ2v) is 7.67. The van der Waals surface area contributed by atoms with Crippen molar-refractivity contribution in [2.45, 2.75) is 57.3 Å². The first-order chi connectivity index (χ1) is 14.6. The lowest BCUT2D eigenvalue weighted by atomic mass is 9.98. The smallest absolute Gasteiger partial charge is 0.256 e. The molecule has 1 saturated heterocycles. The van der Waals surface area contributed by atoms with Gasteiger partial charge < -0.3 is 19.5 Å². The van der Waals surface area contributed by atoms with Crippen LogP contribution in [0.5, 0.6) is 0 Å². The zero-order valence-electron chi connectivity index (χ0n) is 17.7. The predicted molar refractivity (Wildman–Crippen MR) is 116 cm³/mol. The number of likely N-dealkylation sites (tertiary alicyclic amines) is 1. The van der Waals surface area contributed by atoms with E-state index in [1.807, 2.05) is 73.7 Å². The zero-order valence-corrected chi connectivity index (χ0v) is 17.7. The first-order valence-corrected chi connectivity index (χ1v) is 10.5. The summed E-state index contributed by atoms with van der Waals surface area (Å²) in [7, 11) is 1.63. The molecule has 0 bridgehead atoms. The van der Waals surface area contributed by atoms with E-state index in [0.29, 0.717) is 13.0 Å². The normalized spacial score (nSPS) is 24.1. The number of hydrogen-bond donors (Lipinski definition) is 1.